The van der Waals surface area contributed by atoms with Crippen LogP contribution in [0.5, 0.6) is 0 Å². The Kier molecular flexibility index (Phi) is 5.66. The molecule has 3 N–H and O–H groups in total. The van der Waals surface area contributed by atoms with Crippen LogP contribution in [-0.2, 0) is 25.9 Å². The van der Waals surface area contributed by atoms with Crippen molar-refractivity contribution >= 4 is 38.8 Å². The molecule has 1 saturated heterocycles. The number of benzene rings is 2. The van der Waals surface area contributed by atoms with Gasteiger partial charge < -0.3 is 15.3 Å². The molecule has 2 amide bonds. The molecule has 0 bridgehead atoms. The number of carbonyl (C=O) groups excluding carboxylic acids is 2. The quantitative estimate of drug-likeness (QED) is 0.621. The molecule has 0 saturated carbocycles. The number of nitrogens with one attached hydrogen (secondary N) is 2. The van der Waals surface area contributed by atoms with E-state index in [9.17, 15) is 23.3 Å². The molecule has 0 unspecified atom stereocenters. The van der Waals surface area contributed by atoms with Gasteiger partial charge in [0.05, 0.1) is 9.73 Å². The van der Waals surface area contributed by atoms with Gasteiger partial charge in [-0.15, -0.1) is 0 Å². The van der Waals surface area contributed by atoms with Gasteiger partial charge in [-0.3, -0.25) is 9.59 Å². The fourth-order valence-corrected chi connectivity index (χ4v) is 4.03. The third kappa shape index (κ3) is 4.42. The molecule has 0 aromatic heterocycles. The Morgan fingerprint density at radius 1 is 1.38 bits per heavy atom. The van der Waals surface area contributed by atoms with E-state index in [0.717, 1.165) is 6.07 Å². The average Bonchev–Trinajstić information content (AvgIpc) is 2.94. The fourth-order valence-electron chi connectivity index (χ4n) is 3.10. The van der Waals surface area contributed by atoms with Crippen molar-refractivity contribution in [1.29, 1.82) is 4.78 Å². The van der Waals surface area contributed by atoms with Crippen molar-refractivity contribution in [1.82, 2.24) is 5.32 Å². The van der Waals surface area contributed by atoms with Crippen molar-refractivity contribution in [2.45, 2.75) is 23.5 Å². The summed E-state index contributed by atoms with van der Waals surface area (Å²) in [4.78, 5) is 26.7. The van der Waals surface area contributed by atoms with E-state index in [4.69, 9.17) is 16.4 Å². The molecule has 2 aromatic rings. The zero-order valence-electron chi connectivity index (χ0n) is 15.4. The molecule has 2 aromatic carbocycles. The summed E-state index contributed by atoms with van der Waals surface area (Å²) in [6.07, 6.45) is 1.12. The predicted octanol–water partition coefficient (Wildman–Crippen LogP) is 2.30. The number of aliphatic hydroxyl groups is 1. The van der Waals surface area contributed by atoms with Gasteiger partial charge >= 0.3 is 0 Å². The lowest BCUT2D eigenvalue weighted by atomic mass is 10.0. The average molecular weight is 440 g/mol. The van der Waals surface area contributed by atoms with Gasteiger partial charge in [-0.25, -0.2) is 13.4 Å². The highest BCUT2D eigenvalue weighted by Gasteiger charge is 2.51. The highest BCUT2D eigenvalue weighted by Crippen LogP contribution is 2.30. The molecule has 1 aliphatic rings. The van der Waals surface area contributed by atoms with Crippen LogP contribution >= 0.6 is 11.6 Å². The van der Waals surface area contributed by atoms with E-state index in [1.165, 1.54) is 35.4 Å². The number of hydrogen-bond acceptors (Lipinski definition) is 5. The summed E-state index contributed by atoms with van der Waals surface area (Å²) in [6.45, 7) is -0.0426. The normalized spacial score (nSPS) is 21.1. The van der Waals surface area contributed by atoms with E-state index in [1.807, 2.05) is 0 Å². The number of amides is 2. The predicted molar refractivity (Wildman–Crippen MR) is 107 cm³/mol. The zero-order valence-corrected chi connectivity index (χ0v) is 17.0. The van der Waals surface area contributed by atoms with Crippen LogP contribution in [-0.4, -0.2) is 39.5 Å². The number of hydrogen-bond donors (Lipinski definition) is 3. The first-order valence-electron chi connectivity index (χ1n) is 8.62. The lowest BCUT2D eigenvalue weighted by Gasteiger charge is -2.22. The van der Waals surface area contributed by atoms with Crippen LogP contribution in [0.4, 0.5) is 10.1 Å². The van der Waals surface area contributed by atoms with E-state index < -0.39 is 33.0 Å². The second-order valence-electron chi connectivity index (χ2n) is 6.87. The molecule has 3 rings (SSSR count). The van der Waals surface area contributed by atoms with Crippen LogP contribution in [0.2, 0.25) is 5.02 Å². The van der Waals surface area contributed by atoms with Crippen LogP contribution in [0.3, 0.4) is 0 Å². The lowest BCUT2D eigenvalue weighted by molar-refractivity contribution is -0.149. The summed E-state index contributed by atoms with van der Waals surface area (Å²) < 4.78 is 33.0. The van der Waals surface area contributed by atoms with Crippen LogP contribution in [0.25, 0.3) is 0 Å². The highest BCUT2D eigenvalue weighted by atomic mass is 35.5. The van der Waals surface area contributed by atoms with Crippen molar-refractivity contribution < 1.29 is 23.3 Å². The van der Waals surface area contributed by atoms with E-state index >= 15 is 0 Å². The van der Waals surface area contributed by atoms with Gasteiger partial charge in [-0.2, -0.15) is 0 Å². The fraction of sp³-hybridized carbons (Fsp3) is 0.263. The molecule has 10 heteroatoms. The third-order valence-corrected chi connectivity index (χ3v) is 6.00. The maximum Gasteiger partial charge on any atom is 0.268 e. The van der Waals surface area contributed by atoms with Crippen molar-refractivity contribution in [3.63, 3.8) is 0 Å². The molecule has 154 valence electrons. The second-order valence-corrected chi connectivity index (χ2v) is 9.46. The smallest absolute Gasteiger partial charge is 0.268 e. The van der Waals surface area contributed by atoms with Gasteiger partial charge in [-0.1, -0.05) is 17.7 Å². The number of rotatable bonds is 5. The Bertz CT molecular complexity index is 1070. The second kappa shape index (κ2) is 7.74. The molecule has 29 heavy (non-hydrogen) atoms. The largest absolute Gasteiger partial charge is 0.372 e. The van der Waals surface area contributed by atoms with Crippen LogP contribution < -0.4 is 10.2 Å². The molecule has 1 fully saturated rings. The van der Waals surface area contributed by atoms with Gasteiger partial charge in [0.2, 0.25) is 5.60 Å². The molecule has 0 spiro atoms. The minimum Gasteiger partial charge on any atom is -0.372 e. The Hall–Kier alpha value is -2.49. The van der Waals surface area contributed by atoms with Crippen LogP contribution in [0.1, 0.15) is 12.0 Å². The molecule has 0 aliphatic carbocycles. The van der Waals surface area contributed by atoms with E-state index in [-0.39, 0.29) is 29.4 Å². The van der Waals surface area contributed by atoms with Crippen LogP contribution in [0, 0.1) is 10.6 Å². The van der Waals surface area contributed by atoms with Gasteiger partial charge in [0, 0.05) is 41.4 Å². The molecule has 1 aliphatic heterocycles. The number of anilines is 1. The van der Waals surface area contributed by atoms with Crippen molar-refractivity contribution in [3.05, 3.63) is 58.9 Å². The maximum atomic E-state index is 13.4. The summed E-state index contributed by atoms with van der Waals surface area (Å²) >= 11 is 5.78. The summed E-state index contributed by atoms with van der Waals surface area (Å²) in [5.74, 6) is -2.29. The summed E-state index contributed by atoms with van der Waals surface area (Å²) in [7, 11) is -2.98. The van der Waals surface area contributed by atoms with Gasteiger partial charge in [0.1, 0.15) is 5.82 Å². The molecule has 0 radical (unpaired) electrons. The van der Waals surface area contributed by atoms with Crippen molar-refractivity contribution in [3.8, 4) is 0 Å². The van der Waals surface area contributed by atoms with Crippen molar-refractivity contribution in [2.75, 3.05) is 17.7 Å². The Labute approximate surface area is 172 Å². The highest BCUT2D eigenvalue weighted by molar-refractivity contribution is 7.91. The van der Waals surface area contributed by atoms with Crippen molar-refractivity contribution in [2.24, 2.45) is 0 Å². The molecular weight excluding hydrogens is 421 g/mol. The van der Waals surface area contributed by atoms with Gasteiger partial charge in [0.15, 0.2) is 0 Å². The monoisotopic (exact) mass is 439 g/mol. The minimum atomic E-state index is -2.98. The molecule has 7 nitrogen and oxygen atoms in total. The number of halogens is 2. The Morgan fingerprint density at radius 3 is 2.76 bits per heavy atom. The SMILES string of the molecule is C[S@](=N)(=O)c1cccc(N2CC[C@](O)(C(=O)NCc3cc(F)cc(Cl)c3)C2=O)c1. The summed E-state index contributed by atoms with van der Waals surface area (Å²) in [6, 6.07) is 9.86. The standard InChI is InChI=1S/C19H19ClFN3O4S/c1-29(22,28)16-4-2-3-15(10-16)24-6-5-19(27,18(24)26)17(25)23-11-12-7-13(20)9-14(21)8-12/h2-4,7-10,22,27H,5-6,11H2,1H3,(H,23,25)/t19-,29-/m0/s1. The van der Waals surface area contributed by atoms with E-state index in [1.54, 1.807) is 12.1 Å². The number of nitrogens with zero attached hydrogens (tertiary/aromatic N) is 1. The van der Waals surface area contributed by atoms with E-state index in [2.05, 4.69) is 5.32 Å². The maximum absolute atomic E-state index is 13.4. The minimum absolute atomic E-state index is 0.0703. The Morgan fingerprint density at radius 2 is 2.10 bits per heavy atom. The molecular formula is C19H19ClFN3O4S. The van der Waals surface area contributed by atoms with Gasteiger partial charge in [0.25, 0.3) is 11.8 Å². The first kappa shape index (κ1) is 21.2. The van der Waals surface area contributed by atoms with E-state index in [0.29, 0.717) is 11.3 Å². The summed E-state index contributed by atoms with van der Waals surface area (Å²) in [5, 5.41) is 13.3. The first-order chi connectivity index (χ1) is 13.5. The van der Waals surface area contributed by atoms with Gasteiger partial charge in [-0.05, 0) is 42.0 Å². The lowest BCUT2D eigenvalue weighted by Crippen LogP contribution is -2.52. The third-order valence-electron chi connectivity index (χ3n) is 4.63. The topological polar surface area (TPSA) is 111 Å². The Balaban J connectivity index is 1.76. The zero-order chi connectivity index (χ0) is 21.4. The number of carbonyl (C=O) groups is 2. The molecule has 1 heterocycles. The summed E-state index contributed by atoms with van der Waals surface area (Å²) in [5.41, 5.74) is -1.55. The first-order valence-corrected chi connectivity index (χ1v) is 11.0. The van der Waals surface area contributed by atoms with Crippen LogP contribution in [0.15, 0.2) is 47.4 Å². The molecule has 2 atom stereocenters.